The predicted octanol–water partition coefficient (Wildman–Crippen LogP) is 2.18. The van der Waals surface area contributed by atoms with Crippen LogP contribution in [0.1, 0.15) is 24.0 Å². The molecule has 3 nitrogen and oxygen atoms in total. The molecule has 1 saturated carbocycles. The maximum absolute atomic E-state index is 13.1. The number of nitrogens with zero attached hydrogens (tertiary/aromatic N) is 1. The van der Waals surface area contributed by atoms with E-state index in [1.165, 1.54) is 12.1 Å². The first-order valence-electron chi connectivity index (χ1n) is 5.77. The first-order valence-corrected chi connectivity index (χ1v) is 5.77. The number of hydrogen-bond donors (Lipinski definition) is 1. The summed E-state index contributed by atoms with van der Waals surface area (Å²) in [6.07, 6.45) is 2.09. The lowest BCUT2D eigenvalue weighted by atomic mass is 10.1. The van der Waals surface area contributed by atoms with E-state index in [2.05, 4.69) is 0 Å². The van der Waals surface area contributed by atoms with Crippen LogP contribution in [-0.2, 0) is 11.3 Å². The summed E-state index contributed by atoms with van der Waals surface area (Å²) in [5, 5.41) is 8.85. The molecule has 0 atom stereocenters. The van der Waals surface area contributed by atoms with Crippen LogP contribution in [0.25, 0.3) is 0 Å². The molecule has 0 aromatic heterocycles. The van der Waals surface area contributed by atoms with Crippen molar-refractivity contribution in [2.75, 3.05) is 6.54 Å². The van der Waals surface area contributed by atoms with Gasteiger partial charge in [0.2, 0.25) is 0 Å². The summed E-state index contributed by atoms with van der Waals surface area (Å²) in [4.78, 5) is 12.7. The van der Waals surface area contributed by atoms with Crippen molar-refractivity contribution in [2.24, 2.45) is 0 Å². The number of carboxylic acids is 1. The minimum Gasteiger partial charge on any atom is -0.480 e. The monoisotopic (exact) mass is 237 g/mol. The molecule has 0 bridgehead atoms. The average molecular weight is 237 g/mol. The largest absolute Gasteiger partial charge is 0.480 e. The third-order valence-corrected chi connectivity index (χ3v) is 3.09. The van der Waals surface area contributed by atoms with Crippen LogP contribution in [0.3, 0.4) is 0 Å². The number of rotatable bonds is 5. The van der Waals surface area contributed by atoms with Crippen LogP contribution in [0.15, 0.2) is 18.2 Å². The van der Waals surface area contributed by atoms with Crippen molar-refractivity contribution in [3.63, 3.8) is 0 Å². The highest BCUT2D eigenvalue weighted by molar-refractivity contribution is 5.69. The molecule has 0 aliphatic heterocycles. The fraction of sp³-hybridized carbons (Fsp3) is 0.462. The molecule has 4 heteroatoms. The predicted molar refractivity (Wildman–Crippen MR) is 62.2 cm³/mol. The van der Waals surface area contributed by atoms with Gasteiger partial charge < -0.3 is 5.11 Å². The first kappa shape index (κ1) is 12.0. The Balaban J connectivity index is 2.10. The zero-order valence-corrected chi connectivity index (χ0v) is 9.82. The van der Waals surface area contributed by atoms with Crippen LogP contribution in [0.2, 0.25) is 0 Å². The van der Waals surface area contributed by atoms with Gasteiger partial charge in [-0.15, -0.1) is 0 Å². The second kappa shape index (κ2) is 4.84. The highest BCUT2D eigenvalue weighted by Gasteiger charge is 2.30. The molecule has 1 aromatic rings. The fourth-order valence-corrected chi connectivity index (χ4v) is 1.96. The lowest BCUT2D eigenvalue weighted by Crippen LogP contribution is -2.31. The molecular formula is C13H16FNO2. The number of carboxylic acid groups (broad SMARTS) is 1. The minimum atomic E-state index is -0.828. The van der Waals surface area contributed by atoms with Crippen molar-refractivity contribution in [1.82, 2.24) is 4.90 Å². The maximum Gasteiger partial charge on any atom is 0.317 e. The summed E-state index contributed by atoms with van der Waals surface area (Å²) in [7, 11) is 0. The summed E-state index contributed by atoms with van der Waals surface area (Å²) in [5.41, 5.74) is 1.88. The number of benzene rings is 1. The molecule has 1 aromatic carbocycles. The van der Waals surface area contributed by atoms with Crippen molar-refractivity contribution in [2.45, 2.75) is 32.4 Å². The van der Waals surface area contributed by atoms with Gasteiger partial charge in [-0.05, 0) is 43.0 Å². The second-order valence-electron chi connectivity index (χ2n) is 4.60. The lowest BCUT2D eigenvalue weighted by molar-refractivity contribution is -0.138. The van der Waals surface area contributed by atoms with Gasteiger partial charge in [-0.25, -0.2) is 4.39 Å². The normalized spacial score (nSPS) is 15.2. The van der Waals surface area contributed by atoms with Crippen molar-refractivity contribution in [1.29, 1.82) is 0 Å². The number of carbonyl (C=O) groups is 1. The van der Waals surface area contributed by atoms with E-state index < -0.39 is 5.97 Å². The Labute approximate surface area is 99.9 Å². The molecule has 17 heavy (non-hydrogen) atoms. The third kappa shape index (κ3) is 3.27. The quantitative estimate of drug-likeness (QED) is 0.853. The Morgan fingerprint density at radius 3 is 2.82 bits per heavy atom. The van der Waals surface area contributed by atoms with Gasteiger partial charge in [0.25, 0.3) is 0 Å². The maximum atomic E-state index is 13.1. The topological polar surface area (TPSA) is 40.5 Å². The molecule has 1 N–H and O–H groups in total. The van der Waals surface area contributed by atoms with Gasteiger partial charge in [0, 0.05) is 12.6 Å². The Bertz CT molecular complexity index is 429. The molecule has 0 spiro atoms. The fourth-order valence-electron chi connectivity index (χ4n) is 1.96. The van der Waals surface area contributed by atoms with E-state index in [9.17, 15) is 9.18 Å². The van der Waals surface area contributed by atoms with Gasteiger partial charge in [-0.3, -0.25) is 9.69 Å². The summed E-state index contributed by atoms with van der Waals surface area (Å²) >= 11 is 0. The minimum absolute atomic E-state index is 0.0284. The first-order chi connectivity index (χ1) is 8.06. The molecule has 0 amide bonds. The van der Waals surface area contributed by atoms with Crippen LogP contribution in [0.5, 0.6) is 0 Å². The SMILES string of the molecule is Cc1ccc(F)cc1CN(CC(=O)O)C1CC1. The molecule has 1 fully saturated rings. The smallest absolute Gasteiger partial charge is 0.317 e. The number of aryl methyl sites for hydroxylation is 1. The van der Waals surface area contributed by atoms with E-state index in [0.29, 0.717) is 12.6 Å². The van der Waals surface area contributed by atoms with E-state index in [0.717, 1.165) is 24.0 Å². The van der Waals surface area contributed by atoms with Gasteiger partial charge in [0.05, 0.1) is 6.54 Å². The van der Waals surface area contributed by atoms with Gasteiger partial charge >= 0.3 is 5.97 Å². The highest BCUT2D eigenvalue weighted by atomic mass is 19.1. The molecule has 0 saturated heterocycles. The summed E-state index contributed by atoms with van der Waals surface area (Å²) in [5.74, 6) is -1.09. The van der Waals surface area contributed by atoms with Gasteiger partial charge in [-0.1, -0.05) is 6.07 Å². The van der Waals surface area contributed by atoms with E-state index in [4.69, 9.17) is 5.11 Å². The van der Waals surface area contributed by atoms with Crippen molar-refractivity contribution in [3.05, 3.63) is 35.1 Å². The molecule has 2 rings (SSSR count). The molecule has 0 unspecified atom stereocenters. The Morgan fingerprint density at radius 1 is 1.53 bits per heavy atom. The van der Waals surface area contributed by atoms with Gasteiger partial charge in [0.1, 0.15) is 5.82 Å². The van der Waals surface area contributed by atoms with Crippen LogP contribution in [0, 0.1) is 12.7 Å². The van der Waals surface area contributed by atoms with Gasteiger partial charge in [0.15, 0.2) is 0 Å². The summed E-state index contributed by atoms with van der Waals surface area (Å²) < 4.78 is 13.1. The summed E-state index contributed by atoms with van der Waals surface area (Å²) in [6.45, 7) is 2.46. The Kier molecular flexibility index (Phi) is 3.43. The van der Waals surface area contributed by atoms with E-state index in [-0.39, 0.29) is 12.4 Å². The lowest BCUT2D eigenvalue weighted by Gasteiger charge is -2.20. The summed E-state index contributed by atoms with van der Waals surface area (Å²) in [6, 6.07) is 5.01. The van der Waals surface area contributed by atoms with E-state index in [1.54, 1.807) is 6.07 Å². The molecule has 0 heterocycles. The highest BCUT2D eigenvalue weighted by Crippen LogP contribution is 2.28. The number of aliphatic carboxylic acids is 1. The number of halogens is 1. The van der Waals surface area contributed by atoms with E-state index in [1.807, 2.05) is 11.8 Å². The van der Waals surface area contributed by atoms with Gasteiger partial charge in [-0.2, -0.15) is 0 Å². The number of hydrogen-bond acceptors (Lipinski definition) is 2. The standard InChI is InChI=1S/C13H16FNO2/c1-9-2-3-11(14)6-10(9)7-15(8-13(16)17)12-4-5-12/h2-3,6,12H,4-5,7-8H2,1H3,(H,16,17). The molecule has 0 radical (unpaired) electrons. The zero-order valence-electron chi connectivity index (χ0n) is 9.82. The molecule has 1 aliphatic rings. The zero-order chi connectivity index (χ0) is 12.4. The average Bonchev–Trinajstić information content (AvgIpc) is 3.05. The van der Waals surface area contributed by atoms with Crippen molar-refractivity contribution in [3.8, 4) is 0 Å². The molecule has 92 valence electrons. The Morgan fingerprint density at radius 2 is 2.24 bits per heavy atom. The van der Waals surface area contributed by atoms with Crippen molar-refractivity contribution >= 4 is 5.97 Å². The second-order valence-corrected chi connectivity index (χ2v) is 4.60. The van der Waals surface area contributed by atoms with Crippen LogP contribution in [0.4, 0.5) is 4.39 Å². The van der Waals surface area contributed by atoms with E-state index >= 15 is 0 Å². The Hall–Kier alpha value is -1.42. The van der Waals surface area contributed by atoms with Crippen LogP contribution < -0.4 is 0 Å². The molecular weight excluding hydrogens is 221 g/mol. The molecule has 1 aliphatic carbocycles. The third-order valence-electron chi connectivity index (χ3n) is 3.09. The van der Waals surface area contributed by atoms with Crippen molar-refractivity contribution < 1.29 is 14.3 Å². The van der Waals surface area contributed by atoms with Crippen LogP contribution in [-0.4, -0.2) is 28.6 Å². The van der Waals surface area contributed by atoms with Crippen LogP contribution >= 0.6 is 0 Å².